The van der Waals surface area contributed by atoms with Gasteiger partial charge in [-0.25, -0.2) is 13.1 Å². The van der Waals surface area contributed by atoms with E-state index in [1.807, 2.05) is 18.3 Å². The standard InChI is InChI=1S/C22H23N3O4S/c1-30(28,29)24-11-4-5-15-8-9-20-19(13-15)16(14-23-20)10-12-25-21(26)17-6-2-3-7-18(17)22(25)27/h2-3,6-9,13-14,23-24H,4-5,10-12H2,1H3. The van der Waals surface area contributed by atoms with Gasteiger partial charge in [0.2, 0.25) is 10.0 Å². The first-order valence-corrected chi connectivity index (χ1v) is 11.7. The molecule has 2 amide bonds. The lowest BCUT2D eigenvalue weighted by atomic mass is 10.0. The second-order valence-electron chi connectivity index (χ2n) is 7.52. The van der Waals surface area contributed by atoms with Gasteiger partial charge in [-0.2, -0.15) is 0 Å². The maximum Gasteiger partial charge on any atom is 0.261 e. The first-order chi connectivity index (χ1) is 14.3. The van der Waals surface area contributed by atoms with E-state index in [0.29, 0.717) is 37.1 Å². The fourth-order valence-electron chi connectivity index (χ4n) is 3.81. The number of nitrogens with zero attached hydrogens (tertiary/aromatic N) is 1. The van der Waals surface area contributed by atoms with Gasteiger partial charge in [0.1, 0.15) is 0 Å². The van der Waals surface area contributed by atoms with Crippen LogP contribution in [0.4, 0.5) is 0 Å². The Labute approximate surface area is 175 Å². The van der Waals surface area contributed by atoms with Gasteiger partial charge in [0.05, 0.1) is 17.4 Å². The van der Waals surface area contributed by atoms with Crippen molar-refractivity contribution in [3.63, 3.8) is 0 Å². The highest BCUT2D eigenvalue weighted by molar-refractivity contribution is 7.88. The lowest BCUT2D eigenvalue weighted by molar-refractivity contribution is 0.0656. The zero-order valence-electron chi connectivity index (χ0n) is 16.6. The van der Waals surface area contributed by atoms with Crippen molar-refractivity contribution in [1.29, 1.82) is 0 Å². The van der Waals surface area contributed by atoms with Crippen molar-refractivity contribution in [2.24, 2.45) is 0 Å². The van der Waals surface area contributed by atoms with Crippen LogP contribution in [0.3, 0.4) is 0 Å². The third-order valence-corrected chi connectivity index (χ3v) is 6.05. The molecule has 7 nitrogen and oxygen atoms in total. The maximum atomic E-state index is 12.6. The Bertz CT molecular complexity index is 1200. The average molecular weight is 426 g/mol. The number of imide groups is 1. The van der Waals surface area contributed by atoms with Gasteiger partial charge in [0, 0.05) is 30.2 Å². The molecule has 0 saturated heterocycles. The van der Waals surface area contributed by atoms with E-state index in [4.69, 9.17) is 0 Å². The van der Waals surface area contributed by atoms with Gasteiger partial charge < -0.3 is 4.98 Å². The first-order valence-electron chi connectivity index (χ1n) is 9.82. The average Bonchev–Trinajstić information content (AvgIpc) is 3.22. The van der Waals surface area contributed by atoms with Crippen LogP contribution in [0.15, 0.2) is 48.7 Å². The summed E-state index contributed by atoms with van der Waals surface area (Å²) < 4.78 is 24.8. The highest BCUT2D eigenvalue weighted by atomic mass is 32.2. The quantitative estimate of drug-likeness (QED) is 0.428. The Morgan fingerprint density at radius 2 is 1.70 bits per heavy atom. The highest BCUT2D eigenvalue weighted by Crippen LogP contribution is 2.25. The monoisotopic (exact) mass is 425 g/mol. The van der Waals surface area contributed by atoms with Crippen molar-refractivity contribution < 1.29 is 18.0 Å². The van der Waals surface area contributed by atoms with E-state index >= 15 is 0 Å². The number of hydrogen-bond donors (Lipinski definition) is 2. The summed E-state index contributed by atoms with van der Waals surface area (Å²) in [5, 5.41) is 1.06. The van der Waals surface area contributed by atoms with Crippen molar-refractivity contribution >= 4 is 32.7 Å². The van der Waals surface area contributed by atoms with Gasteiger partial charge in [-0.15, -0.1) is 0 Å². The molecule has 0 unspecified atom stereocenters. The number of aryl methyl sites for hydroxylation is 1. The minimum Gasteiger partial charge on any atom is -0.361 e. The number of nitrogens with one attached hydrogen (secondary N) is 2. The van der Waals surface area contributed by atoms with Crippen LogP contribution < -0.4 is 4.72 Å². The van der Waals surface area contributed by atoms with Crippen LogP contribution in [0, 0.1) is 0 Å². The number of aromatic nitrogens is 1. The lowest BCUT2D eigenvalue weighted by Crippen LogP contribution is -2.31. The number of H-pyrrole nitrogens is 1. The third kappa shape index (κ3) is 4.15. The molecule has 2 N–H and O–H groups in total. The molecule has 3 aromatic rings. The van der Waals surface area contributed by atoms with Crippen LogP contribution in [0.2, 0.25) is 0 Å². The summed E-state index contributed by atoms with van der Waals surface area (Å²) in [6.07, 6.45) is 5.08. The fraction of sp³-hybridized carbons (Fsp3) is 0.273. The van der Waals surface area contributed by atoms with Gasteiger partial charge >= 0.3 is 0 Å². The number of fused-ring (bicyclic) bond motifs is 2. The van der Waals surface area contributed by atoms with Crippen molar-refractivity contribution in [2.75, 3.05) is 19.3 Å². The van der Waals surface area contributed by atoms with Gasteiger partial charge in [0.15, 0.2) is 0 Å². The smallest absolute Gasteiger partial charge is 0.261 e. The van der Waals surface area contributed by atoms with Crippen LogP contribution in [-0.4, -0.2) is 49.5 Å². The molecule has 8 heteroatoms. The molecule has 2 aromatic carbocycles. The van der Waals surface area contributed by atoms with E-state index in [1.54, 1.807) is 24.3 Å². The Kier molecular flexibility index (Phi) is 5.44. The lowest BCUT2D eigenvalue weighted by Gasteiger charge is -2.13. The number of aromatic amines is 1. The fourth-order valence-corrected chi connectivity index (χ4v) is 4.33. The molecule has 156 valence electrons. The van der Waals surface area contributed by atoms with Crippen molar-refractivity contribution in [1.82, 2.24) is 14.6 Å². The van der Waals surface area contributed by atoms with Crippen molar-refractivity contribution in [2.45, 2.75) is 19.3 Å². The van der Waals surface area contributed by atoms with E-state index in [2.05, 4.69) is 15.8 Å². The molecule has 0 aliphatic carbocycles. The van der Waals surface area contributed by atoms with Crippen LogP contribution in [0.1, 0.15) is 38.3 Å². The zero-order valence-corrected chi connectivity index (χ0v) is 17.5. The number of carbonyl (C=O) groups excluding carboxylic acids is 2. The van der Waals surface area contributed by atoms with Crippen LogP contribution in [-0.2, 0) is 22.9 Å². The molecule has 0 bridgehead atoms. The molecule has 0 saturated carbocycles. The molecule has 0 atom stereocenters. The summed E-state index contributed by atoms with van der Waals surface area (Å²) >= 11 is 0. The van der Waals surface area contributed by atoms with Crippen LogP contribution in [0.5, 0.6) is 0 Å². The second kappa shape index (κ2) is 8.04. The molecule has 2 heterocycles. The Balaban J connectivity index is 1.44. The Hall–Kier alpha value is -2.97. The first kappa shape index (κ1) is 20.3. The number of sulfonamides is 1. The van der Waals surface area contributed by atoms with Gasteiger partial charge in [-0.1, -0.05) is 18.2 Å². The van der Waals surface area contributed by atoms with E-state index < -0.39 is 10.0 Å². The third-order valence-electron chi connectivity index (χ3n) is 5.32. The largest absolute Gasteiger partial charge is 0.361 e. The highest BCUT2D eigenvalue weighted by Gasteiger charge is 2.34. The summed E-state index contributed by atoms with van der Waals surface area (Å²) in [5.74, 6) is -0.482. The van der Waals surface area contributed by atoms with Crippen molar-refractivity contribution in [3.8, 4) is 0 Å². The van der Waals surface area contributed by atoms with Crippen molar-refractivity contribution in [3.05, 3.63) is 70.9 Å². The van der Waals surface area contributed by atoms with E-state index in [-0.39, 0.29) is 11.8 Å². The number of carbonyl (C=O) groups is 2. The molecule has 0 spiro atoms. The van der Waals surface area contributed by atoms with E-state index in [9.17, 15) is 18.0 Å². The molecular weight excluding hydrogens is 402 g/mol. The molecule has 4 rings (SSSR count). The number of benzene rings is 2. The normalized spacial score (nSPS) is 14.0. The molecule has 0 radical (unpaired) electrons. The zero-order chi connectivity index (χ0) is 21.3. The minimum atomic E-state index is -3.17. The van der Waals surface area contributed by atoms with E-state index in [0.717, 1.165) is 34.7 Å². The predicted octanol–water partition coefficient (Wildman–Crippen LogP) is 2.49. The van der Waals surface area contributed by atoms with Crippen LogP contribution in [0.25, 0.3) is 10.9 Å². The number of amides is 2. The summed E-state index contributed by atoms with van der Waals surface area (Å²) in [6, 6.07) is 13.0. The summed E-state index contributed by atoms with van der Waals surface area (Å²) in [4.78, 5) is 29.6. The molecule has 1 aliphatic rings. The minimum absolute atomic E-state index is 0.241. The maximum absolute atomic E-state index is 12.6. The van der Waals surface area contributed by atoms with Gasteiger partial charge in [0.25, 0.3) is 11.8 Å². The molecule has 1 aliphatic heterocycles. The Morgan fingerprint density at radius 1 is 1.00 bits per heavy atom. The van der Waals surface area contributed by atoms with Gasteiger partial charge in [-0.05, 0) is 54.7 Å². The predicted molar refractivity (Wildman–Crippen MR) is 115 cm³/mol. The summed E-state index contributed by atoms with van der Waals surface area (Å²) in [6.45, 7) is 0.721. The van der Waals surface area contributed by atoms with E-state index in [1.165, 1.54) is 4.90 Å². The SMILES string of the molecule is CS(=O)(=O)NCCCc1ccc2[nH]cc(CCN3C(=O)c4ccccc4C3=O)c2c1. The molecule has 1 aromatic heterocycles. The number of rotatable bonds is 8. The molecule has 30 heavy (non-hydrogen) atoms. The Morgan fingerprint density at radius 3 is 2.37 bits per heavy atom. The molecular formula is C22H23N3O4S. The summed E-state index contributed by atoms with van der Waals surface area (Å²) in [5.41, 5.74) is 4.07. The molecule has 0 fully saturated rings. The summed E-state index contributed by atoms with van der Waals surface area (Å²) in [7, 11) is -3.17. The van der Waals surface area contributed by atoms with Crippen LogP contribution >= 0.6 is 0 Å². The number of hydrogen-bond acceptors (Lipinski definition) is 4. The van der Waals surface area contributed by atoms with Gasteiger partial charge in [-0.3, -0.25) is 14.5 Å². The second-order valence-corrected chi connectivity index (χ2v) is 9.35. The topological polar surface area (TPSA) is 99.3 Å².